The summed E-state index contributed by atoms with van der Waals surface area (Å²) in [5, 5.41) is 12.5. The number of amidine groups is 1. The number of aromatic nitrogens is 2. The van der Waals surface area contributed by atoms with E-state index < -0.39 is 0 Å². The molecule has 0 aliphatic carbocycles. The number of hydrazone groups is 1. The summed E-state index contributed by atoms with van der Waals surface area (Å²) < 4.78 is 5.61. The largest absolute Gasteiger partial charge is 0.423 e. The average Bonchev–Trinajstić information content (AvgIpc) is 3.22. The zero-order valence-corrected chi connectivity index (χ0v) is 13.2. The highest BCUT2D eigenvalue weighted by Gasteiger charge is 2.21. The maximum absolute atomic E-state index is 5.61. The van der Waals surface area contributed by atoms with Crippen molar-refractivity contribution in [3.05, 3.63) is 23.9 Å². The first kappa shape index (κ1) is 15.5. The number of nitrogens with zero attached hydrogens (tertiary/aromatic N) is 4. The van der Waals surface area contributed by atoms with Crippen molar-refractivity contribution in [1.82, 2.24) is 20.5 Å². The molecule has 6 nitrogen and oxygen atoms in total. The third kappa shape index (κ3) is 3.83. The molecule has 1 fully saturated rings. The van der Waals surface area contributed by atoms with Gasteiger partial charge in [-0.2, -0.15) is 5.10 Å². The topological polar surface area (TPSA) is 66.6 Å². The Labute approximate surface area is 126 Å². The molecule has 0 aromatic carbocycles. The molecule has 1 aromatic rings. The van der Waals surface area contributed by atoms with Gasteiger partial charge < -0.3 is 9.32 Å². The van der Waals surface area contributed by atoms with Gasteiger partial charge in [-0.3, -0.25) is 5.43 Å². The van der Waals surface area contributed by atoms with Crippen LogP contribution in [0.1, 0.15) is 57.9 Å². The summed E-state index contributed by atoms with van der Waals surface area (Å²) >= 11 is 0. The van der Waals surface area contributed by atoms with Crippen LogP contribution < -0.4 is 5.43 Å². The quantitative estimate of drug-likeness (QED) is 0.927. The van der Waals surface area contributed by atoms with E-state index in [0.717, 1.165) is 31.8 Å². The van der Waals surface area contributed by atoms with Crippen LogP contribution in [0.4, 0.5) is 0 Å². The summed E-state index contributed by atoms with van der Waals surface area (Å²) in [6.07, 6.45) is 8.40. The second kappa shape index (κ2) is 7.81. The van der Waals surface area contributed by atoms with Crippen LogP contribution in [0.5, 0.6) is 0 Å². The van der Waals surface area contributed by atoms with Gasteiger partial charge in [-0.1, -0.05) is 20.8 Å². The molecule has 1 N–H and O–H groups in total. The van der Waals surface area contributed by atoms with E-state index in [4.69, 9.17) is 4.42 Å². The maximum Gasteiger partial charge on any atom is 0.244 e. The molecule has 3 heterocycles. The van der Waals surface area contributed by atoms with E-state index in [1.54, 1.807) is 0 Å². The van der Waals surface area contributed by atoms with Crippen LogP contribution in [0.3, 0.4) is 0 Å². The lowest BCUT2D eigenvalue weighted by Gasteiger charge is -2.21. The summed E-state index contributed by atoms with van der Waals surface area (Å²) in [6, 6.07) is -0.107. The van der Waals surface area contributed by atoms with Crippen molar-refractivity contribution in [1.29, 1.82) is 0 Å². The zero-order chi connectivity index (χ0) is 15.1. The minimum atomic E-state index is -0.107. The van der Waals surface area contributed by atoms with Crippen molar-refractivity contribution in [2.24, 2.45) is 5.10 Å². The van der Waals surface area contributed by atoms with Crippen LogP contribution in [0.25, 0.3) is 0 Å². The molecule has 1 unspecified atom stereocenters. The van der Waals surface area contributed by atoms with E-state index in [-0.39, 0.29) is 6.04 Å². The highest BCUT2D eigenvalue weighted by atomic mass is 16.4. The van der Waals surface area contributed by atoms with E-state index in [1.807, 2.05) is 26.0 Å². The first-order chi connectivity index (χ1) is 10.4. The van der Waals surface area contributed by atoms with Gasteiger partial charge in [-0.15, -0.1) is 10.2 Å². The molecule has 1 saturated heterocycles. The molecule has 116 valence electrons. The molecule has 0 saturated carbocycles. The van der Waals surface area contributed by atoms with Crippen LogP contribution in [-0.2, 0) is 6.42 Å². The number of hydrogen-bond donors (Lipinski definition) is 1. The van der Waals surface area contributed by atoms with Gasteiger partial charge in [0, 0.05) is 19.5 Å². The minimum absolute atomic E-state index is 0.107. The number of likely N-dealkylation sites (tertiary alicyclic amines) is 1. The predicted molar refractivity (Wildman–Crippen MR) is 82.9 cm³/mol. The van der Waals surface area contributed by atoms with Gasteiger partial charge >= 0.3 is 0 Å². The summed E-state index contributed by atoms with van der Waals surface area (Å²) in [5.74, 6) is 2.29. The van der Waals surface area contributed by atoms with Crippen molar-refractivity contribution in [2.75, 3.05) is 13.1 Å². The Morgan fingerprint density at radius 2 is 2.05 bits per heavy atom. The number of nitrogens with one attached hydrogen (secondary N) is 1. The fourth-order valence-electron chi connectivity index (χ4n) is 2.37. The Morgan fingerprint density at radius 1 is 1.29 bits per heavy atom. The highest BCUT2D eigenvalue weighted by Crippen LogP contribution is 2.18. The molecule has 1 atom stereocenters. The Hall–Kier alpha value is -1.85. The zero-order valence-electron chi connectivity index (χ0n) is 13.2. The summed E-state index contributed by atoms with van der Waals surface area (Å²) in [5.41, 5.74) is 3.08. The first-order valence-corrected chi connectivity index (χ1v) is 7.95. The molecule has 2 aliphatic heterocycles. The molecule has 0 radical (unpaired) electrons. The molecule has 6 heteroatoms. The Morgan fingerprint density at radius 3 is 2.67 bits per heavy atom. The molecule has 2 aliphatic rings. The minimum Gasteiger partial charge on any atom is -0.423 e. The van der Waals surface area contributed by atoms with Gasteiger partial charge in [0.15, 0.2) is 0 Å². The second-order valence-electron chi connectivity index (χ2n) is 4.91. The van der Waals surface area contributed by atoms with Gasteiger partial charge in [-0.25, -0.2) is 0 Å². The van der Waals surface area contributed by atoms with Crippen LogP contribution in [0.2, 0.25) is 0 Å². The molecule has 0 bridgehead atoms. The summed E-state index contributed by atoms with van der Waals surface area (Å²) in [7, 11) is 0. The lowest BCUT2D eigenvalue weighted by molar-refractivity contribution is 0.407. The first-order valence-electron chi connectivity index (χ1n) is 7.95. The Bertz CT molecular complexity index is 488. The van der Waals surface area contributed by atoms with Crippen molar-refractivity contribution < 1.29 is 4.42 Å². The monoisotopic (exact) mass is 291 g/mol. The maximum atomic E-state index is 5.61. The molecule has 0 spiro atoms. The average molecular weight is 291 g/mol. The third-order valence-electron chi connectivity index (χ3n) is 3.40. The normalized spacial score (nSPS) is 20.6. The van der Waals surface area contributed by atoms with Crippen molar-refractivity contribution in [3.8, 4) is 0 Å². The number of aryl methyl sites for hydroxylation is 1. The summed E-state index contributed by atoms with van der Waals surface area (Å²) in [4.78, 5) is 2.29. The molecule has 3 rings (SSSR count). The second-order valence-corrected chi connectivity index (χ2v) is 4.91. The smallest absolute Gasteiger partial charge is 0.244 e. The highest BCUT2D eigenvalue weighted by molar-refractivity contribution is 5.93. The lowest BCUT2D eigenvalue weighted by Crippen LogP contribution is -2.31. The molecule has 21 heavy (non-hydrogen) atoms. The summed E-state index contributed by atoms with van der Waals surface area (Å²) in [6.45, 7) is 8.28. The van der Waals surface area contributed by atoms with Gasteiger partial charge in [0.2, 0.25) is 11.8 Å². The van der Waals surface area contributed by atoms with E-state index in [9.17, 15) is 0 Å². The Balaban J connectivity index is 0.000000774. The molecule has 0 amide bonds. The fraction of sp³-hybridized carbons (Fsp3) is 0.667. The third-order valence-corrected chi connectivity index (χ3v) is 3.40. The van der Waals surface area contributed by atoms with Gasteiger partial charge in [0.25, 0.3) is 0 Å². The van der Waals surface area contributed by atoms with Crippen molar-refractivity contribution in [3.63, 3.8) is 0 Å². The number of hydrogen-bond acceptors (Lipinski definition) is 6. The van der Waals surface area contributed by atoms with Gasteiger partial charge in [0.05, 0.1) is 0 Å². The fourth-order valence-corrected chi connectivity index (χ4v) is 2.37. The van der Waals surface area contributed by atoms with Crippen LogP contribution in [0.15, 0.2) is 21.7 Å². The van der Waals surface area contributed by atoms with E-state index >= 15 is 0 Å². The van der Waals surface area contributed by atoms with E-state index in [1.165, 1.54) is 12.8 Å². The molecular formula is C15H25N5O. The van der Waals surface area contributed by atoms with Crippen molar-refractivity contribution >= 4 is 5.84 Å². The van der Waals surface area contributed by atoms with E-state index in [0.29, 0.717) is 11.8 Å². The molecule has 1 aromatic heterocycles. The predicted octanol–water partition coefficient (Wildman–Crippen LogP) is 2.66. The van der Waals surface area contributed by atoms with E-state index in [2.05, 4.69) is 32.5 Å². The van der Waals surface area contributed by atoms with Crippen molar-refractivity contribution in [2.45, 2.75) is 52.5 Å². The van der Waals surface area contributed by atoms with Gasteiger partial charge in [-0.05, 0) is 31.4 Å². The van der Waals surface area contributed by atoms with Crippen LogP contribution in [-0.4, -0.2) is 34.0 Å². The van der Waals surface area contributed by atoms with Gasteiger partial charge in [0.1, 0.15) is 11.9 Å². The molecular weight excluding hydrogens is 266 g/mol. The Kier molecular flexibility index (Phi) is 5.78. The lowest BCUT2D eigenvalue weighted by atomic mass is 10.2. The number of rotatable bonds is 3. The standard InChI is InChI=1S/C13H19N5O.C2H6/c1-2-5-12-16-17-13(19-12)10-6-7-11(15-14-10)18-8-3-4-9-18;1-2/h6-7,10,14H,2-5,8-9H2,1H3;1-2H3. The van der Waals surface area contributed by atoms with Crippen LogP contribution >= 0.6 is 0 Å². The van der Waals surface area contributed by atoms with Crippen LogP contribution in [0, 0.1) is 0 Å². The SMILES string of the molecule is CC.CCCc1nnc(C2C=CC(N3CCCC3)=NN2)o1.